The van der Waals surface area contributed by atoms with Crippen molar-refractivity contribution in [3.05, 3.63) is 59.7 Å². The summed E-state index contributed by atoms with van der Waals surface area (Å²) < 4.78 is 0. The molecule has 21 heavy (non-hydrogen) atoms. The topological polar surface area (TPSA) is 89.8 Å². The summed E-state index contributed by atoms with van der Waals surface area (Å²) in [5.74, 6) is -0.00881. The van der Waals surface area contributed by atoms with Crippen molar-refractivity contribution in [3.63, 3.8) is 0 Å². The number of anilines is 1. The summed E-state index contributed by atoms with van der Waals surface area (Å²) in [6.07, 6.45) is -0.816. The number of aromatic hydroxyl groups is 1. The van der Waals surface area contributed by atoms with E-state index < -0.39 is 6.10 Å². The van der Waals surface area contributed by atoms with Gasteiger partial charge in [0.1, 0.15) is 5.75 Å². The highest BCUT2D eigenvalue weighted by molar-refractivity contribution is 6.09. The predicted molar refractivity (Wildman–Crippen MR) is 79.6 cm³/mol. The molecule has 0 aliphatic rings. The molecule has 0 aliphatic heterocycles. The number of hydrogen-bond acceptors (Lipinski definition) is 5. The molecule has 5 heteroatoms. The van der Waals surface area contributed by atoms with Crippen molar-refractivity contribution < 1.29 is 20.1 Å². The number of aliphatic hydroxyl groups excluding tert-OH is 2. The van der Waals surface area contributed by atoms with Gasteiger partial charge in [-0.2, -0.15) is 0 Å². The Morgan fingerprint density at radius 2 is 1.52 bits per heavy atom. The van der Waals surface area contributed by atoms with Crippen LogP contribution in [-0.2, 0) is 0 Å². The van der Waals surface area contributed by atoms with E-state index in [1.165, 1.54) is 12.1 Å². The molecule has 0 saturated heterocycles. The van der Waals surface area contributed by atoms with Gasteiger partial charge in [0.2, 0.25) is 0 Å². The second kappa shape index (κ2) is 6.88. The van der Waals surface area contributed by atoms with Crippen LogP contribution in [-0.4, -0.2) is 40.4 Å². The second-order valence-corrected chi connectivity index (χ2v) is 4.67. The van der Waals surface area contributed by atoms with Crippen LogP contribution in [0.4, 0.5) is 5.69 Å². The molecule has 2 aromatic rings. The first-order valence-electron chi connectivity index (χ1n) is 6.56. The zero-order valence-corrected chi connectivity index (χ0v) is 11.4. The molecule has 1 atom stereocenters. The molecule has 0 spiro atoms. The molecule has 4 N–H and O–H groups in total. The zero-order chi connectivity index (χ0) is 15.2. The molecule has 0 bridgehead atoms. The molecular formula is C16H17NO4. The summed E-state index contributed by atoms with van der Waals surface area (Å²) in [4.78, 5) is 12.2. The van der Waals surface area contributed by atoms with E-state index in [2.05, 4.69) is 5.32 Å². The van der Waals surface area contributed by atoms with Crippen LogP contribution >= 0.6 is 0 Å². The molecule has 0 fully saturated rings. The molecule has 0 heterocycles. The van der Waals surface area contributed by atoms with Gasteiger partial charge in [0.25, 0.3) is 0 Å². The fourth-order valence-corrected chi connectivity index (χ4v) is 1.82. The SMILES string of the molecule is O=C(c1ccc(O)cc1)c1ccc(NCC(O)CO)cc1. The van der Waals surface area contributed by atoms with Gasteiger partial charge in [0.05, 0.1) is 12.7 Å². The van der Waals surface area contributed by atoms with Crippen LogP contribution in [0.1, 0.15) is 15.9 Å². The van der Waals surface area contributed by atoms with E-state index in [1.807, 2.05) is 0 Å². The number of aliphatic hydroxyl groups is 2. The zero-order valence-electron chi connectivity index (χ0n) is 11.4. The maximum atomic E-state index is 12.2. The highest BCUT2D eigenvalue weighted by Crippen LogP contribution is 2.16. The largest absolute Gasteiger partial charge is 0.508 e. The lowest BCUT2D eigenvalue weighted by atomic mass is 10.0. The van der Waals surface area contributed by atoms with Gasteiger partial charge in [-0.05, 0) is 48.5 Å². The van der Waals surface area contributed by atoms with E-state index in [0.717, 1.165) is 5.69 Å². The average molecular weight is 287 g/mol. The molecule has 0 aromatic heterocycles. The fraction of sp³-hybridized carbons (Fsp3) is 0.188. The molecule has 0 saturated carbocycles. The van der Waals surface area contributed by atoms with Crippen LogP contribution in [0.3, 0.4) is 0 Å². The Labute approximate surface area is 122 Å². The molecule has 1 unspecified atom stereocenters. The third kappa shape index (κ3) is 4.05. The van der Waals surface area contributed by atoms with Crippen molar-refractivity contribution in [2.45, 2.75) is 6.10 Å². The smallest absolute Gasteiger partial charge is 0.193 e. The van der Waals surface area contributed by atoms with Gasteiger partial charge in [-0.1, -0.05) is 0 Å². The summed E-state index contributed by atoms with van der Waals surface area (Å²) in [6, 6.07) is 12.9. The molecule has 2 rings (SSSR count). The lowest BCUT2D eigenvalue weighted by Gasteiger charge is -2.10. The summed E-state index contributed by atoms with van der Waals surface area (Å²) in [6.45, 7) is -0.0633. The number of hydrogen-bond donors (Lipinski definition) is 4. The Bertz CT molecular complexity index is 593. The Morgan fingerprint density at radius 3 is 2.05 bits per heavy atom. The van der Waals surface area contributed by atoms with E-state index in [0.29, 0.717) is 11.1 Å². The third-order valence-corrected chi connectivity index (χ3v) is 3.03. The van der Waals surface area contributed by atoms with Gasteiger partial charge in [-0.3, -0.25) is 4.79 Å². The molecule has 2 aromatic carbocycles. The first-order valence-corrected chi connectivity index (χ1v) is 6.56. The summed E-state index contributed by atoms with van der Waals surface area (Å²) >= 11 is 0. The maximum Gasteiger partial charge on any atom is 0.193 e. The number of nitrogens with one attached hydrogen (secondary N) is 1. The van der Waals surface area contributed by atoms with Gasteiger partial charge < -0.3 is 20.6 Å². The van der Waals surface area contributed by atoms with Crippen LogP contribution in [0.15, 0.2) is 48.5 Å². The number of carbonyl (C=O) groups excluding carboxylic acids is 1. The first-order chi connectivity index (χ1) is 10.1. The van der Waals surface area contributed by atoms with Crippen LogP contribution in [0.5, 0.6) is 5.75 Å². The predicted octanol–water partition coefficient (Wildman–Crippen LogP) is 1.39. The van der Waals surface area contributed by atoms with Gasteiger partial charge >= 0.3 is 0 Å². The number of phenolic OH excluding ortho intramolecular Hbond substituents is 1. The Hall–Kier alpha value is -2.37. The average Bonchev–Trinajstić information content (AvgIpc) is 2.53. The Kier molecular flexibility index (Phi) is 4.92. The van der Waals surface area contributed by atoms with Gasteiger partial charge in [-0.15, -0.1) is 0 Å². The van der Waals surface area contributed by atoms with Crippen LogP contribution in [0.2, 0.25) is 0 Å². The summed E-state index contributed by atoms with van der Waals surface area (Å²) in [5, 5.41) is 30.1. The van der Waals surface area contributed by atoms with Crippen molar-refractivity contribution in [1.29, 1.82) is 0 Å². The Morgan fingerprint density at radius 1 is 1.00 bits per heavy atom. The third-order valence-electron chi connectivity index (χ3n) is 3.03. The number of rotatable bonds is 6. The van der Waals surface area contributed by atoms with Crippen LogP contribution < -0.4 is 5.32 Å². The van der Waals surface area contributed by atoms with Gasteiger partial charge in [0.15, 0.2) is 5.78 Å². The van der Waals surface area contributed by atoms with E-state index in [1.54, 1.807) is 36.4 Å². The number of carbonyl (C=O) groups is 1. The minimum atomic E-state index is -0.816. The lowest BCUT2D eigenvalue weighted by molar-refractivity contribution is 0.103. The van der Waals surface area contributed by atoms with Crippen molar-refractivity contribution in [1.82, 2.24) is 0 Å². The van der Waals surface area contributed by atoms with E-state index in [4.69, 9.17) is 5.11 Å². The standard InChI is InChI=1S/C16H17NO4/c18-10-15(20)9-17-13-5-1-11(2-6-13)16(21)12-3-7-14(19)8-4-12/h1-8,15,17-20H,9-10H2. The Balaban J connectivity index is 2.04. The normalized spacial score (nSPS) is 11.9. The van der Waals surface area contributed by atoms with E-state index in [-0.39, 0.29) is 24.7 Å². The highest BCUT2D eigenvalue weighted by atomic mass is 16.3. The highest BCUT2D eigenvalue weighted by Gasteiger charge is 2.09. The molecule has 5 nitrogen and oxygen atoms in total. The molecule has 0 radical (unpaired) electrons. The lowest BCUT2D eigenvalue weighted by Crippen LogP contribution is -2.22. The number of phenols is 1. The number of benzene rings is 2. The summed E-state index contributed by atoms with van der Waals surface area (Å²) in [7, 11) is 0. The van der Waals surface area contributed by atoms with Gasteiger partial charge in [-0.25, -0.2) is 0 Å². The van der Waals surface area contributed by atoms with Crippen LogP contribution in [0.25, 0.3) is 0 Å². The van der Waals surface area contributed by atoms with Crippen molar-refractivity contribution in [2.24, 2.45) is 0 Å². The minimum Gasteiger partial charge on any atom is -0.508 e. The molecule has 110 valence electrons. The number of ketones is 1. The van der Waals surface area contributed by atoms with E-state index in [9.17, 15) is 15.0 Å². The molecule has 0 aliphatic carbocycles. The summed E-state index contributed by atoms with van der Waals surface area (Å²) in [5.41, 5.74) is 1.79. The molecule has 0 amide bonds. The van der Waals surface area contributed by atoms with Crippen molar-refractivity contribution >= 4 is 11.5 Å². The van der Waals surface area contributed by atoms with Crippen LogP contribution in [0, 0.1) is 0 Å². The quantitative estimate of drug-likeness (QED) is 0.603. The molecular weight excluding hydrogens is 270 g/mol. The minimum absolute atomic E-state index is 0.119. The second-order valence-electron chi connectivity index (χ2n) is 4.67. The van der Waals surface area contributed by atoms with E-state index >= 15 is 0 Å². The monoisotopic (exact) mass is 287 g/mol. The first kappa shape index (κ1) is 15.0. The maximum absolute atomic E-state index is 12.2. The van der Waals surface area contributed by atoms with Crippen molar-refractivity contribution in [3.8, 4) is 5.75 Å². The van der Waals surface area contributed by atoms with Crippen molar-refractivity contribution in [2.75, 3.05) is 18.5 Å². The van der Waals surface area contributed by atoms with Gasteiger partial charge in [0, 0.05) is 23.4 Å². The fourth-order valence-electron chi connectivity index (χ4n) is 1.82.